The molecule has 2 atom stereocenters. The number of rotatable bonds is 7. The van der Waals surface area contributed by atoms with E-state index in [1.54, 1.807) is 6.20 Å². The molecule has 0 radical (unpaired) electrons. The van der Waals surface area contributed by atoms with Crippen molar-refractivity contribution in [2.24, 2.45) is 11.8 Å². The van der Waals surface area contributed by atoms with Gasteiger partial charge in [0.15, 0.2) is 0 Å². The van der Waals surface area contributed by atoms with E-state index in [1.165, 1.54) is 32.1 Å². The second-order valence-electron chi connectivity index (χ2n) is 5.48. The molecule has 0 amide bonds. The zero-order chi connectivity index (χ0) is 14.4. The predicted octanol–water partition coefficient (Wildman–Crippen LogP) is 3.50. The summed E-state index contributed by atoms with van der Waals surface area (Å²) < 4.78 is 6.92. The molecule has 2 unspecified atom stereocenters. The third kappa shape index (κ3) is 3.50. The van der Waals surface area contributed by atoms with Crippen molar-refractivity contribution < 1.29 is 9.53 Å². The molecule has 0 bridgehead atoms. The Morgan fingerprint density at radius 1 is 1.50 bits per heavy atom. The summed E-state index contributed by atoms with van der Waals surface area (Å²) in [5.41, 5.74) is 1.30. The summed E-state index contributed by atoms with van der Waals surface area (Å²) in [5, 5.41) is 0. The lowest BCUT2D eigenvalue weighted by Crippen LogP contribution is -2.18. The van der Waals surface area contributed by atoms with Crippen LogP contribution in [-0.4, -0.2) is 22.6 Å². The number of allylic oxidation sites excluding steroid dienone is 2. The Kier molecular flexibility index (Phi) is 5.39. The fourth-order valence-electron chi connectivity index (χ4n) is 3.06. The molecule has 0 fully saturated rings. The number of methoxy groups -OCH3 is 1. The quantitative estimate of drug-likeness (QED) is 0.565. The standard InChI is InChI=1S/C16H24N2O2/c1-3-4-5-6-14-13(11-16(19)20-2)7-8-15(14)18-10-9-17-12-18/h8-10,12-14H,3-7,11H2,1-2H3. The summed E-state index contributed by atoms with van der Waals surface area (Å²) in [4.78, 5) is 15.7. The summed E-state index contributed by atoms with van der Waals surface area (Å²) in [6.07, 6.45) is 14.2. The molecule has 0 spiro atoms. The average molecular weight is 276 g/mol. The number of hydrogen-bond acceptors (Lipinski definition) is 3. The van der Waals surface area contributed by atoms with Gasteiger partial charge in [0.2, 0.25) is 0 Å². The number of imidazole rings is 1. The zero-order valence-electron chi connectivity index (χ0n) is 12.4. The molecule has 2 rings (SSSR count). The second-order valence-corrected chi connectivity index (χ2v) is 5.48. The molecule has 1 heterocycles. The van der Waals surface area contributed by atoms with Crippen LogP contribution in [0.4, 0.5) is 0 Å². The summed E-state index contributed by atoms with van der Waals surface area (Å²) in [6, 6.07) is 0. The molecule has 1 aliphatic carbocycles. The highest BCUT2D eigenvalue weighted by atomic mass is 16.5. The molecule has 20 heavy (non-hydrogen) atoms. The molecule has 1 aliphatic rings. The van der Waals surface area contributed by atoms with E-state index in [2.05, 4.69) is 22.6 Å². The van der Waals surface area contributed by atoms with Gasteiger partial charge in [-0.05, 0) is 18.8 Å². The van der Waals surface area contributed by atoms with E-state index in [0.717, 1.165) is 12.8 Å². The second kappa shape index (κ2) is 7.27. The fourth-order valence-corrected chi connectivity index (χ4v) is 3.06. The number of carbonyl (C=O) groups is 1. The Hall–Kier alpha value is -1.58. The van der Waals surface area contributed by atoms with Crippen LogP contribution >= 0.6 is 0 Å². The molecule has 0 aliphatic heterocycles. The third-order valence-corrected chi connectivity index (χ3v) is 4.16. The van der Waals surface area contributed by atoms with E-state index in [0.29, 0.717) is 18.3 Å². The third-order valence-electron chi connectivity index (χ3n) is 4.16. The Bertz CT molecular complexity index is 451. The van der Waals surface area contributed by atoms with Crippen LogP contribution in [-0.2, 0) is 9.53 Å². The SMILES string of the molecule is CCCCCC1C(n2ccnc2)=CCC1CC(=O)OC. The van der Waals surface area contributed by atoms with Crippen LogP contribution < -0.4 is 0 Å². The van der Waals surface area contributed by atoms with Crippen molar-refractivity contribution >= 4 is 11.7 Å². The van der Waals surface area contributed by atoms with E-state index in [4.69, 9.17) is 4.74 Å². The van der Waals surface area contributed by atoms with Gasteiger partial charge in [-0.3, -0.25) is 4.79 Å². The van der Waals surface area contributed by atoms with Crippen molar-refractivity contribution in [3.63, 3.8) is 0 Å². The zero-order valence-corrected chi connectivity index (χ0v) is 12.4. The average Bonchev–Trinajstić information content (AvgIpc) is 3.09. The van der Waals surface area contributed by atoms with Gasteiger partial charge in [-0.1, -0.05) is 32.3 Å². The topological polar surface area (TPSA) is 44.1 Å². The van der Waals surface area contributed by atoms with Crippen molar-refractivity contribution in [3.05, 3.63) is 24.8 Å². The van der Waals surface area contributed by atoms with Crippen LogP contribution in [0.25, 0.3) is 5.70 Å². The first-order valence-corrected chi connectivity index (χ1v) is 7.51. The van der Waals surface area contributed by atoms with Gasteiger partial charge in [-0.25, -0.2) is 4.98 Å². The van der Waals surface area contributed by atoms with Gasteiger partial charge in [-0.15, -0.1) is 0 Å². The van der Waals surface area contributed by atoms with Crippen molar-refractivity contribution in [1.29, 1.82) is 0 Å². The van der Waals surface area contributed by atoms with E-state index in [9.17, 15) is 4.79 Å². The highest BCUT2D eigenvalue weighted by molar-refractivity contribution is 5.70. The lowest BCUT2D eigenvalue weighted by atomic mass is 9.86. The van der Waals surface area contributed by atoms with Crippen LogP contribution in [0.15, 0.2) is 24.8 Å². The number of carbonyl (C=O) groups excluding carboxylic acids is 1. The van der Waals surface area contributed by atoms with Crippen molar-refractivity contribution in [2.75, 3.05) is 7.11 Å². The maximum atomic E-state index is 11.6. The van der Waals surface area contributed by atoms with E-state index >= 15 is 0 Å². The van der Waals surface area contributed by atoms with Crippen LogP contribution in [0, 0.1) is 11.8 Å². The van der Waals surface area contributed by atoms with Gasteiger partial charge in [0.1, 0.15) is 0 Å². The Morgan fingerprint density at radius 3 is 3.00 bits per heavy atom. The molecule has 4 heteroatoms. The first kappa shape index (κ1) is 14.8. The number of nitrogens with zero attached hydrogens (tertiary/aromatic N) is 2. The van der Waals surface area contributed by atoms with Gasteiger partial charge in [0.05, 0.1) is 13.4 Å². The number of ether oxygens (including phenoxy) is 1. The molecule has 110 valence electrons. The Labute approximate surface area is 120 Å². The van der Waals surface area contributed by atoms with Gasteiger partial charge >= 0.3 is 5.97 Å². The minimum absolute atomic E-state index is 0.101. The molecular weight excluding hydrogens is 252 g/mol. The van der Waals surface area contributed by atoms with Crippen LogP contribution in [0.5, 0.6) is 0 Å². The molecule has 0 saturated heterocycles. The first-order chi connectivity index (χ1) is 9.76. The largest absolute Gasteiger partial charge is 0.469 e. The molecule has 0 N–H and O–H groups in total. The first-order valence-electron chi connectivity index (χ1n) is 7.51. The molecule has 0 saturated carbocycles. The van der Waals surface area contributed by atoms with E-state index < -0.39 is 0 Å². The van der Waals surface area contributed by atoms with Gasteiger partial charge in [0.25, 0.3) is 0 Å². The fraction of sp³-hybridized carbons (Fsp3) is 0.625. The summed E-state index contributed by atoms with van der Waals surface area (Å²) in [5.74, 6) is 0.710. The van der Waals surface area contributed by atoms with Gasteiger partial charge in [0, 0.05) is 30.4 Å². The van der Waals surface area contributed by atoms with Gasteiger partial charge in [-0.2, -0.15) is 0 Å². The summed E-state index contributed by atoms with van der Waals surface area (Å²) >= 11 is 0. The number of unbranched alkanes of at least 4 members (excludes halogenated alkanes) is 2. The monoisotopic (exact) mass is 276 g/mol. The highest BCUT2D eigenvalue weighted by Crippen LogP contribution is 2.40. The normalized spacial score (nSPS) is 21.8. The van der Waals surface area contributed by atoms with Crippen molar-refractivity contribution in [3.8, 4) is 0 Å². The minimum Gasteiger partial charge on any atom is -0.469 e. The molecule has 1 aromatic rings. The number of aromatic nitrogens is 2. The summed E-state index contributed by atoms with van der Waals surface area (Å²) in [7, 11) is 1.47. The highest BCUT2D eigenvalue weighted by Gasteiger charge is 2.31. The summed E-state index contributed by atoms with van der Waals surface area (Å²) in [6.45, 7) is 2.22. The van der Waals surface area contributed by atoms with Crippen LogP contribution in [0.3, 0.4) is 0 Å². The van der Waals surface area contributed by atoms with Gasteiger partial charge < -0.3 is 9.30 Å². The molecular formula is C16H24N2O2. The van der Waals surface area contributed by atoms with Crippen molar-refractivity contribution in [1.82, 2.24) is 9.55 Å². The molecule has 1 aromatic heterocycles. The molecule has 0 aromatic carbocycles. The minimum atomic E-state index is -0.101. The lowest BCUT2D eigenvalue weighted by Gasteiger charge is -2.22. The van der Waals surface area contributed by atoms with E-state index in [1.807, 2.05) is 12.5 Å². The number of hydrogen-bond donors (Lipinski definition) is 0. The Morgan fingerprint density at radius 2 is 2.35 bits per heavy atom. The van der Waals surface area contributed by atoms with Crippen molar-refractivity contribution in [2.45, 2.75) is 45.4 Å². The number of esters is 1. The Balaban J connectivity index is 2.05. The smallest absolute Gasteiger partial charge is 0.305 e. The van der Waals surface area contributed by atoms with Crippen LogP contribution in [0.2, 0.25) is 0 Å². The molecule has 4 nitrogen and oxygen atoms in total. The van der Waals surface area contributed by atoms with Crippen LogP contribution in [0.1, 0.15) is 45.4 Å². The predicted molar refractivity (Wildman–Crippen MR) is 78.9 cm³/mol. The lowest BCUT2D eigenvalue weighted by molar-refractivity contribution is -0.141. The maximum absolute atomic E-state index is 11.6. The maximum Gasteiger partial charge on any atom is 0.305 e. The van der Waals surface area contributed by atoms with E-state index in [-0.39, 0.29) is 5.97 Å².